The molecule has 0 radical (unpaired) electrons. The Morgan fingerprint density at radius 2 is 1.74 bits per heavy atom. The van der Waals surface area contributed by atoms with Crippen LogP contribution in [-0.4, -0.2) is 21.4 Å². The van der Waals surface area contributed by atoms with Crippen LogP contribution in [0, 0.1) is 5.82 Å². The van der Waals surface area contributed by atoms with Gasteiger partial charge in [-0.3, -0.25) is 9.48 Å². The molecule has 3 aromatic carbocycles. The maximum atomic E-state index is 13.7. The Kier molecular flexibility index (Phi) is 6.79. The van der Waals surface area contributed by atoms with Gasteiger partial charge in [-0.1, -0.05) is 60.7 Å². The molecule has 0 atom stereocenters. The molecule has 1 amide bonds. The number of carbonyl (C=O) groups excluding carboxylic acids is 1. The number of halogens is 1. The van der Waals surface area contributed by atoms with Gasteiger partial charge in [0.2, 0.25) is 5.91 Å². The van der Waals surface area contributed by atoms with Crippen LogP contribution in [0.5, 0.6) is 0 Å². The van der Waals surface area contributed by atoms with Gasteiger partial charge in [-0.05, 0) is 40.5 Å². The van der Waals surface area contributed by atoms with E-state index in [4.69, 9.17) is 0 Å². The summed E-state index contributed by atoms with van der Waals surface area (Å²) in [5.41, 5.74) is 4.37. The van der Waals surface area contributed by atoms with E-state index in [0.717, 1.165) is 23.2 Å². The molecule has 0 unspecified atom stereocenters. The Morgan fingerprint density at radius 1 is 0.968 bits per heavy atom. The maximum Gasteiger partial charge on any atom is 0.230 e. The first-order chi connectivity index (χ1) is 15.2. The molecule has 6 heteroatoms. The SMILES string of the molecule is O=C(CSc1ccccc1F)NCc1ccccc1-c1ccc(Cn2cccn2)cc1. The van der Waals surface area contributed by atoms with E-state index < -0.39 is 0 Å². The molecular weight excluding hydrogens is 409 g/mol. The van der Waals surface area contributed by atoms with Crippen molar-refractivity contribution >= 4 is 17.7 Å². The summed E-state index contributed by atoms with van der Waals surface area (Å²) in [4.78, 5) is 12.8. The number of aromatic nitrogens is 2. The van der Waals surface area contributed by atoms with E-state index in [1.807, 2.05) is 35.1 Å². The van der Waals surface area contributed by atoms with Crippen molar-refractivity contribution in [3.05, 3.63) is 108 Å². The average molecular weight is 432 g/mol. The first-order valence-corrected chi connectivity index (χ1v) is 11.0. The molecular formula is C25H22FN3OS. The van der Waals surface area contributed by atoms with Crippen molar-refractivity contribution in [3.63, 3.8) is 0 Å². The van der Waals surface area contributed by atoms with E-state index in [1.165, 1.54) is 23.4 Å². The highest BCUT2D eigenvalue weighted by molar-refractivity contribution is 8.00. The Bertz CT molecular complexity index is 1140. The fourth-order valence-corrected chi connectivity index (χ4v) is 4.05. The second-order valence-electron chi connectivity index (χ2n) is 7.05. The van der Waals surface area contributed by atoms with Crippen molar-refractivity contribution in [2.24, 2.45) is 0 Å². The minimum absolute atomic E-state index is 0.127. The van der Waals surface area contributed by atoms with Gasteiger partial charge in [-0.25, -0.2) is 4.39 Å². The second kappa shape index (κ2) is 10.1. The molecule has 1 aromatic heterocycles. The minimum Gasteiger partial charge on any atom is -0.351 e. The van der Waals surface area contributed by atoms with E-state index in [2.05, 4.69) is 40.7 Å². The predicted molar refractivity (Wildman–Crippen MR) is 122 cm³/mol. The lowest BCUT2D eigenvalue weighted by molar-refractivity contribution is -0.118. The van der Waals surface area contributed by atoms with E-state index in [0.29, 0.717) is 11.4 Å². The molecule has 0 aliphatic rings. The fourth-order valence-electron chi connectivity index (χ4n) is 3.28. The normalized spacial score (nSPS) is 10.7. The van der Waals surface area contributed by atoms with Crippen LogP contribution in [0.2, 0.25) is 0 Å². The van der Waals surface area contributed by atoms with Crippen LogP contribution in [0.15, 0.2) is 96.2 Å². The number of hydrogen-bond acceptors (Lipinski definition) is 3. The third-order valence-corrected chi connectivity index (χ3v) is 5.91. The zero-order chi connectivity index (χ0) is 21.5. The summed E-state index contributed by atoms with van der Waals surface area (Å²) in [5.74, 6) is -0.259. The van der Waals surface area contributed by atoms with E-state index in [-0.39, 0.29) is 17.5 Å². The summed E-state index contributed by atoms with van der Waals surface area (Å²) in [6.07, 6.45) is 3.71. The highest BCUT2D eigenvalue weighted by Crippen LogP contribution is 2.25. The van der Waals surface area contributed by atoms with Crippen molar-refractivity contribution in [1.82, 2.24) is 15.1 Å². The number of rotatable bonds is 8. The van der Waals surface area contributed by atoms with Gasteiger partial charge in [-0.2, -0.15) is 5.10 Å². The number of benzene rings is 3. The highest BCUT2D eigenvalue weighted by atomic mass is 32.2. The highest BCUT2D eigenvalue weighted by Gasteiger charge is 2.09. The lowest BCUT2D eigenvalue weighted by Gasteiger charge is -2.12. The monoisotopic (exact) mass is 431 g/mol. The molecule has 0 aliphatic carbocycles. The number of carbonyl (C=O) groups is 1. The average Bonchev–Trinajstić information content (AvgIpc) is 3.31. The smallest absolute Gasteiger partial charge is 0.230 e. The Labute approximate surface area is 185 Å². The van der Waals surface area contributed by atoms with Gasteiger partial charge in [0.1, 0.15) is 5.82 Å². The number of amides is 1. The molecule has 156 valence electrons. The van der Waals surface area contributed by atoms with E-state index >= 15 is 0 Å². The van der Waals surface area contributed by atoms with Crippen LogP contribution in [0.3, 0.4) is 0 Å². The van der Waals surface area contributed by atoms with E-state index in [1.54, 1.807) is 24.4 Å². The lowest BCUT2D eigenvalue weighted by Crippen LogP contribution is -2.24. The van der Waals surface area contributed by atoms with E-state index in [9.17, 15) is 9.18 Å². The molecule has 0 saturated heterocycles. The molecule has 0 fully saturated rings. The molecule has 1 heterocycles. The van der Waals surface area contributed by atoms with Crippen LogP contribution in [0.4, 0.5) is 4.39 Å². The Morgan fingerprint density at radius 3 is 2.52 bits per heavy atom. The van der Waals surface area contributed by atoms with Crippen LogP contribution < -0.4 is 5.32 Å². The summed E-state index contributed by atoms with van der Waals surface area (Å²) in [5, 5.41) is 7.19. The second-order valence-corrected chi connectivity index (χ2v) is 8.07. The fraction of sp³-hybridized carbons (Fsp3) is 0.120. The van der Waals surface area contributed by atoms with Crippen molar-refractivity contribution < 1.29 is 9.18 Å². The van der Waals surface area contributed by atoms with Crippen LogP contribution in [0.25, 0.3) is 11.1 Å². The van der Waals surface area contributed by atoms with Gasteiger partial charge in [0.25, 0.3) is 0 Å². The summed E-state index contributed by atoms with van der Waals surface area (Å²) in [6.45, 7) is 1.15. The first-order valence-electron chi connectivity index (χ1n) is 9.98. The quantitative estimate of drug-likeness (QED) is 0.393. The lowest BCUT2D eigenvalue weighted by atomic mass is 9.98. The summed E-state index contributed by atoms with van der Waals surface area (Å²) >= 11 is 1.20. The topological polar surface area (TPSA) is 46.9 Å². The number of nitrogens with one attached hydrogen (secondary N) is 1. The van der Waals surface area contributed by atoms with Crippen molar-refractivity contribution in [1.29, 1.82) is 0 Å². The van der Waals surface area contributed by atoms with Gasteiger partial charge in [0.05, 0.1) is 12.3 Å². The van der Waals surface area contributed by atoms with Crippen molar-refractivity contribution in [2.75, 3.05) is 5.75 Å². The number of nitrogens with zero attached hydrogens (tertiary/aromatic N) is 2. The molecule has 4 rings (SSSR count). The maximum absolute atomic E-state index is 13.7. The molecule has 0 spiro atoms. The standard InChI is InChI=1S/C25H22FN3OS/c26-23-8-3-4-9-24(23)31-18-25(30)27-16-21-6-1-2-7-22(21)20-12-10-19(11-13-20)17-29-15-5-14-28-29/h1-15H,16-18H2,(H,27,30). The molecule has 1 N–H and O–H groups in total. The van der Waals surface area contributed by atoms with Crippen molar-refractivity contribution in [2.45, 2.75) is 18.0 Å². The Balaban J connectivity index is 1.38. The van der Waals surface area contributed by atoms with Crippen LogP contribution in [0.1, 0.15) is 11.1 Å². The zero-order valence-corrected chi connectivity index (χ0v) is 17.7. The third kappa shape index (κ3) is 5.61. The zero-order valence-electron chi connectivity index (χ0n) is 16.9. The van der Waals surface area contributed by atoms with Gasteiger partial charge in [0.15, 0.2) is 0 Å². The van der Waals surface area contributed by atoms with Crippen LogP contribution in [-0.2, 0) is 17.9 Å². The predicted octanol–water partition coefficient (Wildman–Crippen LogP) is 5.15. The number of thioether (sulfide) groups is 1. The van der Waals surface area contributed by atoms with Gasteiger partial charge in [0, 0.05) is 23.8 Å². The molecule has 0 bridgehead atoms. The van der Waals surface area contributed by atoms with Gasteiger partial charge >= 0.3 is 0 Å². The summed E-state index contributed by atoms with van der Waals surface area (Å²) in [7, 11) is 0. The summed E-state index contributed by atoms with van der Waals surface area (Å²) < 4.78 is 15.6. The molecule has 31 heavy (non-hydrogen) atoms. The summed E-state index contributed by atoms with van der Waals surface area (Å²) in [6, 6.07) is 24.8. The van der Waals surface area contributed by atoms with Crippen molar-refractivity contribution in [3.8, 4) is 11.1 Å². The van der Waals surface area contributed by atoms with Crippen LogP contribution >= 0.6 is 11.8 Å². The minimum atomic E-state index is -0.304. The third-order valence-electron chi connectivity index (χ3n) is 4.86. The Hall–Kier alpha value is -3.38. The molecule has 4 nitrogen and oxygen atoms in total. The molecule has 0 saturated carbocycles. The number of hydrogen-bond donors (Lipinski definition) is 1. The first kappa shape index (κ1) is 20.9. The largest absolute Gasteiger partial charge is 0.351 e. The molecule has 4 aromatic rings. The van der Waals surface area contributed by atoms with Gasteiger partial charge in [-0.15, -0.1) is 11.8 Å². The van der Waals surface area contributed by atoms with Gasteiger partial charge < -0.3 is 5.32 Å². The molecule has 0 aliphatic heterocycles.